The van der Waals surface area contributed by atoms with E-state index in [1.54, 1.807) is 0 Å². The van der Waals surface area contributed by atoms with Crippen molar-refractivity contribution in [3.05, 3.63) is 11.6 Å². The molecule has 11 heavy (non-hydrogen) atoms. The molecule has 0 amide bonds. The molecular formula is C8H14O3. The summed E-state index contributed by atoms with van der Waals surface area (Å²) in [5.41, 5.74) is 0.289. The van der Waals surface area contributed by atoms with Gasteiger partial charge in [-0.3, -0.25) is 0 Å². The largest absolute Gasteiger partial charge is 0.478 e. The molecule has 0 aromatic heterocycles. The summed E-state index contributed by atoms with van der Waals surface area (Å²) in [6, 6.07) is 0. The third-order valence-electron chi connectivity index (χ3n) is 1.50. The van der Waals surface area contributed by atoms with Crippen LogP contribution in [0.25, 0.3) is 0 Å². The Bertz CT molecular complexity index is 161. The molecule has 0 aromatic carbocycles. The summed E-state index contributed by atoms with van der Waals surface area (Å²) in [5.74, 6) is -0.923. The third-order valence-corrected chi connectivity index (χ3v) is 1.50. The maximum Gasteiger partial charge on any atom is 0.330 e. The molecular weight excluding hydrogens is 144 g/mol. The fraction of sp³-hybridized carbons (Fsp3) is 0.625. The second-order valence-electron chi connectivity index (χ2n) is 2.49. The van der Waals surface area contributed by atoms with E-state index in [2.05, 4.69) is 0 Å². The normalized spacial score (nSPS) is 14.6. The SMILES string of the molecule is CCC(O)C/C=C(\C)C(=O)O. The van der Waals surface area contributed by atoms with E-state index in [4.69, 9.17) is 10.2 Å². The van der Waals surface area contributed by atoms with Gasteiger partial charge in [0.2, 0.25) is 0 Å². The van der Waals surface area contributed by atoms with Gasteiger partial charge < -0.3 is 10.2 Å². The van der Waals surface area contributed by atoms with Crippen LogP contribution in [0.3, 0.4) is 0 Å². The molecule has 0 heterocycles. The summed E-state index contributed by atoms with van der Waals surface area (Å²) >= 11 is 0. The highest BCUT2D eigenvalue weighted by atomic mass is 16.4. The first-order valence-corrected chi connectivity index (χ1v) is 3.66. The standard InChI is InChI=1S/C8H14O3/c1-3-7(9)5-4-6(2)8(10)11/h4,7,9H,3,5H2,1-2H3,(H,10,11)/b6-4+. The van der Waals surface area contributed by atoms with Crippen molar-refractivity contribution in [3.63, 3.8) is 0 Å². The van der Waals surface area contributed by atoms with Gasteiger partial charge in [-0.25, -0.2) is 4.79 Å². The zero-order valence-corrected chi connectivity index (χ0v) is 6.87. The van der Waals surface area contributed by atoms with E-state index in [9.17, 15) is 4.79 Å². The predicted octanol–water partition coefficient (Wildman–Crippen LogP) is 1.18. The molecule has 3 nitrogen and oxygen atoms in total. The quantitative estimate of drug-likeness (QED) is 0.604. The summed E-state index contributed by atoms with van der Waals surface area (Å²) < 4.78 is 0. The van der Waals surface area contributed by atoms with Crippen LogP contribution in [0.15, 0.2) is 11.6 Å². The fourth-order valence-electron chi connectivity index (χ4n) is 0.567. The van der Waals surface area contributed by atoms with Gasteiger partial charge in [0.1, 0.15) is 0 Å². The highest BCUT2D eigenvalue weighted by molar-refractivity contribution is 5.85. The van der Waals surface area contributed by atoms with Crippen LogP contribution in [0, 0.1) is 0 Å². The van der Waals surface area contributed by atoms with Crippen molar-refractivity contribution in [2.45, 2.75) is 32.8 Å². The van der Waals surface area contributed by atoms with Crippen molar-refractivity contribution in [1.82, 2.24) is 0 Å². The monoisotopic (exact) mass is 158 g/mol. The lowest BCUT2D eigenvalue weighted by Crippen LogP contribution is -2.04. The van der Waals surface area contributed by atoms with Crippen LogP contribution in [0.5, 0.6) is 0 Å². The molecule has 2 N–H and O–H groups in total. The zero-order valence-electron chi connectivity index (χ0n) is 6.87. The number of aliphatic hydroxyl groups is 1. The highest BCUT2D eigenvalue weighted by Crippen LogP contribution is 2.01. The lowest BCUT2D eigenvalue weighted by Gasteiger charge is -2.02. The van der Waals surface area contributed by atoms with E-state index in [1.807, 2.05) is 6.92 Å². The predicted molar refractivity (Wildman–Crippen MR) is 42.3 cm³/mol. The van der Waals surface area contributed by atoms with Gasteiger partial charge in [-0.15, -0.1) is 0 Å². The molecule has 3 heteroatoms. The van der Waals surface area contributed by atoms with Gasteiger partial charge in [0, 0.05) is 5.57 Å². The van der Waals surface area contributed by atoms with E-state index in [0.717, 1.165) is 0 Å². The minimum atomic E-state index is -0.923. The van der Waals surface area contributed by atoms with Crippen molar-refractivity contribution in [1.29, 1.82) is 0 Å². The maximum absolute atomic E-state index is 10.3. The first-order valence-electron chi connectivity index (χ1n) is 3.66. The van der Waals surface area contributed by atoms with Crippen molar-refractivity contribution in [2.75, 3.05) is 0 Å². The van der Waals surface area contributed by atoms with Gasteiger partial charge in [-0.1, -0.05) is 13.0 Å². The molecule has 0 saturated carbocycles. The van der Waals surface area contributed by atoms with E-state index in [0.29, 0.717) is 12.8 Å². The van der Waals surface area contributed by atoms with Crippen LogP contribution in [0.2, 0.25) is 0 Å². The Labute approximate surface area is 66.4 Å². The van der Waals surface area contributed by atoms with Crippen molar-refractivity contribution >= 4 is 5.97 Å². The van der Waals surface area contributed by atoms with Crippen molar-refractivity contribution in [2.24, 2.45) is 0 Å². The molecule has 1 unspecified atom stereocenters. The van der Waals surface area contributed by atoms with Crippen LogP contribution in [0.4, 0.5) is 0 Å². The number of hydrogen-bond donors (Lipinski definition) is 2. The first kappa shape index (κ1) is 10.2. The van der Waals surface area contributed by atoms with E-state index in [1.165, 1.54) is 13.0 Å². The van der Waals surface area contributed by atoms with Crippen LogP contribution < -0.4 is 0 Å². The average molecular weight is 158 g/mol. The lowest BCUT2D eigenvalue weighted by molar-refractivity contribution is -0.132. The number of aliphatic carboxylic acids is 1. The summed E-state index contributed by atoms with van der Waals surface area (Å²) in [6.45, 7) is 3.37. The Morgan fingerprint density at radius 1 is 1.64 bits per heavy atom. The van der Waals surface area contributed by atoms with E-state index < -0.39 is 12.1 Å². The number of carboxylic acid groups (broad SMARTS) is 1. The first-order chi connectivity index (χ1) is 5.07. The summed E-state index contributed by atoms with van der Waals surface area (Å²) in [5, 5.41) is 17.5. The Morgan fingerprint density at radius 2 is 2.18 bits per heavy atom. The molecule has 0 saturated heterocycles. The highest BCUT2D eigenvalue weighted by Gasteiger charge is 2.01. The number of rotatable bonds is 4. The van der Waals surface area contributed by atoms with Gasteiger partial charge in [0.05, 0.1) is 6.10 Å². The van der Waals surface area contributed by atoms with E-state index >= 15 is 0 Å². The molecule has 0 aliphatic heterocycles. The van der Waals surface area contributed by atoms with Gasteiger partial charge >= 0.3 is 5.97 Å². The molecule has 0 spiro atoms. The topological polar surface area (TPSA) is 57.5 Å². The van der Waals surface area contributed by atoms with Gasteiger partial charge in [0.15, 0.2) is 0 Å². The second-order valence-corrected chi connectivity index (χ2v) is 2.49. The average Bonchev–Trinajstić information content (AvgIpc) is 1.99. The van der Waals surface area contributed by atoms with Crippen LogP contribution >= 0.6 is 0 Å². The lowest BCUT2D eigenvalue weighted by atomic mass is 10.1. The number of aliphatic hydroxyl groups excluding tert-OH is 1. The Morgan fingerprint density at radius 3 is 2.55 bits per heavy atom. The second kappa shape index (κ2) is 4.91. The number of carbonyl (C=O) groups is 1. The van der Waals surface area contributed by atoms with Gasteiger partial charge in [-0.2, -0.15) is 0 Å². The smallest absolute Gasteiger partial charge is 0.330 e. The van der Waals surface area contributed by atoms with Crippen molar-refractivity contribution < 1.29 is 15.0 Å². The Kier molecular flexibility index (Phi) is 4.54. The number of hydrogen-bond acceptors (Lipinski definition) is 2. The molecule has 0 radical (unpaired) electrons. The van der Waals surface area contributed by atoms with Crippen LogP contribution in [-0.2, 0) is 4.79 Å². The van der Waals surface area contributed by atoms with Crippen LogP contribution in [0.1, 0.15) is 26.7 Å². The number of carboxylic acids is 1. The fourth-order valence-corrected chi connectivity index (χ4v) is 0.567. The van der Waals surface area contributed by atoms with Gasteiger partial charge in [-0.05, 0) is 19.8 Å². The molecule has 0 aromatic rings. The molecule has 0 aliphatic rings. The Balaban J connectivity index is 3.82. The molecule has 64 valence electrons. The van der Waals surface area contributed by atoms with Crippen LogP contribution in [-0.4, -0.2) is 22.3 Å². The summed E-state index contributed by atoms with van der Waals surface area (Å²) in [6.07, 6.45) is 2.21. The van der Waals surface area contributed by atoms with Gasteiger partial charge in [0.25, 0.3) is 0 Å². The molecule has 1 atom stereocenters. The van der Waals surface area contributed by atoms with Crippen molar-refractivity contribution in [3.8, 4) is 0 Å². The summed E-state index contributed by atoms with van der Waals surface area (Å²) in [7, 11) is 0. The van der Waals surface area contributed by atoms with E-state index in [-0.39, 0.29) is 5.57 Å². The molecule has 0 fully saturated rings. The minimum Gasteiger partial charge on any atom is -0.478 e. The molecule has 0 rings (SSSR count). The summed E-state index contributed by atoms with van der Waals surface area (Å²) in [4.78, 5) is 10.3. The molecule has 0 bridgehead atoms. The molecule has 0 aliphatic carbocycles. The minimum absolute atomic E-state index is 0.289. The Hall–Kier alpha value is -0.830. The zero-order chi connectivity index (χ0) is 8.85. The third kappa shape index (κ3) is 4.56. The maximum atomic E-state index is 10.3.